The summed E-state index contributed by atoms with van der Waals surface area (Å²) in [6, 6.07) is 8.12. The number of anilines is 1. The van der Waals surface area contributed by atoms with Crippen LogP contribution in [0.15, 0.2) is 18.2 Å². The van der Waals surface area contributed by atoms with Crippen molar-refractivity contribution in [3.63, 3.8) is 0 Å². The zero-order valence-corrected chi connectivity index (χ0v) is 11.3. The second kappa shape index (κ2) is 7.00. The summed E-state index contributed by atoms with van der Waals surface area (Å²) >= 11 is 0. The van der Waals surface area contributed by atoms with Crippen molar-refractivity contribution >= 4 is 5.69 Å². The van der Waals surface area contributed by atoms with E-state index in [2.05, 4.69) is 11.4 Å². The first kappa shape index (κ1) is 14.5. The van der Waals surface area contributed by atoms with Gasteiger partial charge < -0.3 is 15.3 Å². The van der Waals surface area contributed by atoms with Crippen LogP contribution in [0.25, 0.3) is 0 Å². The lowest BCUT2D eigenvalue weighted by molar-refractivity contribution is 0.187. The molecule has 0 saturated carbocycles. The first-order valence-corrected chi connectivity index (χ1v) is 6.15. The van der Waals surface area contributed by atoms with Gasteiger partial charge in [-0.25, -0.2) is 0 Å². The molecule has 1 atom stereocenters. The lowest BCUT2D eigenvalue weighted by Crippen LogP contribution is -2.22. The van der Waals surface area contributed by atoms with Crippen LogP contribution in [-0.2, 0) is 6.54 Å². The zero-order chi connectivity index (χ0) is 13.5. The molecule has 0 aliphatic rings. The van der Waals surface area contributed by atoms with Gasteiger partial charge in [0, 0.05) is 20.1 Å². The average Bonchev–Trinajstić information content (AvgIpc) is 2.36. The number of nitrogens with one attached hydrogen (secondary N) is 1. The van der Waals surface area contributed by atoms with Gasteiger partial charge >= 0.3 is 0 Å². The molecule has 98 valence electrons. The van der Waals surface area contributed by atoms with Crippen molar-refractivity contribution in [3.05, 3.63) is 29.3 Å². The summed E-state index contributed by atoms with van der Waals surface area (Å²) in [6.45, 7) is 3.26. The summed E-state index contributed by atoms with van der Waals surface area (Å²) in [5.74, 6) is 0. The number of benzene rings is 1. The van der Waals surface area contributed by atoms with Crippen LogP contribution in [0.2, 0.25) is 0 Å². The monoisotopic (exact) mass is 247 g/mol. The summed E-state index contributed by atoms with van der Waals surface area (Å²) < 4.78 is 0. The molecule has 2 N–H and O–H groups in total. The summed E-state index contributed by atoms with van der Waals surface area (Å²) in [6.07, 6.45) is 0.376. The van der Waals surface area contributed by atoms with E-state index in [4.69, 9.17) is 0 Å². The first-order valence-electron chi connectivity index (χ1n) is 6.15. The molecule has 1 unspecified atom stereocenters. The van der Waals surface area contributed by atoms with Gasteiger partial charge in [-0.15, -0.1) is 0 Å². The Morgan fingerprint density at radius 2 is 2.22 bits per heavy atom. The molecular weight excluding hydrogens is 226 g/mol. The van der Waals surface area contributed by atoms with Gasteiger partial charge in [-0.05, 0) is 38.1 Å². The quantitative estimate of drug-likeness (QED) is 0.799. The van der Waals surface area contributed by atoms with Gasteiger partial charge in [0.05, 0.1) is 17.4 Å². The molecule has 1 rings (SSSR count). The Bertz CT molecular complexity index is 424. The molecule has 0 aromatic heterocycles. The van der Waals surface area contributed by atoms with Gasteiger partial charge in [-0.3, -0.25) is 0 Å². The number of hydrogen-bond donors (Lipinski definition) is 2. The number of aliphatic hydroxyl groups excluding tert-OH is 1. The molecule has 0 spiro atoms. The highest BCUT2D eigenvalue weighted by molar-refractivity contribution is 5.60. The van der Waals surface area contributed by atoms with Crippen LogP contribution >= 0.6 is 0 Å². The molecule has 0 aliphatic carbocycles. The Balaban J connectivity index is 2.85. The fourth-order valence-corrected chi connectivity index (χ4v) is 1.82. The molecular formula is C14H21N3O. The average molecular weight is 247 g/mol. The van der Waals surface area contributed by atoms with Gasteiger partial charge in [0.2, 0.25) is 0 Å². The van der Waals surface area contributed by atoms with E-state index in [1.807, 2.05) is 37.2 Å². The van der Waals surface area contributed by atoms with Crippen molar-refractivity contribution in [3.8, 4) is 6.07 Å². The maximum absolute atomic E-state index is 9.29. The summed E-state index contributed by atoms with van der Waals surface area (Å²) in [5, 5.41) is 21.5. The molecule has 4 heteroatoms. The van der Waals surface area contributed by atoms with E-state index in [-0.39, 0.29) is 6.10 Å². The molecule has 0 bridgehead atoms. The van der Waals surface area contributed by atoms with Gasteiger partial charge in [0.25, 0.3) is 0 Å². The van der Waals surface area contributed by atoms with Gasteiger partial charge in [-0.2, -0.15) is 5.26 Å². The highest BCUT2D eigenvalue weighted by atomic mass is 16.3. The number of nitriles is 1. The summed E-state index contributed by atoms with van der Waals surface area (Å²) in [7, 11) is 3.82. The SMILES string of the molecule is CNCc1ccc(N(C)CCC(C)O)c(C#N)c1. The molecule has 1 aromatic carbocycles. The normalized spacial score (nSPS) is 11.9. The molecule has 18 heavy (non-hydrogen) atoms. The van der Waals surface area contributed by atoms with Crippen LogP contribution in [0.5, 0.6) is 0 Å². The maximum Gasteiger partial charge on any atom is 0.101 e. The fraction of sp³-hybridized carbons (Fsp3) is 0.500. The Morgan fingerprint density at radius 1 is 1.50 bits per heavy atom. The predicted octanol–water partition coefficient (Wildman–Crippen LogP) is 1.48. The van der Waals surface area contributed by atoms with E-state index >= 15 is 0 Å². The number of hydrogen-bond acceptors (Lipinski definition) is 4. The van der Waals surface area contributed by atoms with Gasteiger partial charge in [-0.1, -0.05) is 6.07 Å². The van der Waals surface area contributed by atoms with Crippen molar-refractivity contribution in [1.82, 2.24) is 5.32 Å². The maximum atomic E-state index is 9.29. The van der Waals surface area contributed by atoms with Crippen LogP contribution in [0.3, 0.4) is 0 Å². The molecule has 1 aromatic rings. The topological polar surface area (TPSA) is 59.3 Å². The van der Waals surface area contributed by atoms with Crippen molar-refractivity contribution in [2.45, 2.75) is 26.0 Å². The highest BCUT2D eigenvalue weighted by Crippen LogP contribution is 2.20. The van der Waals surface area contributed by atoms with Crippen molar-refractivity contribution in [2.24, 2.45) is 0 Å². The second-order valence-electron chi connectivity index (χ2n) is 4.55. The van der Waals surface area contributed by atoms with Gasteiger partial charge in [0.1, 0.15) is 6.07 Å². The Labute approximate surface area is 109 Å². The molecule has 4 nitrogen and oxygen atoms in total. The zero-order valence-electron chi connectivity index (χ0n) is 11.3. The van der Waals surface area contributed by atoms with Crippen LogP contribution in [0.1, 0.15) is 24.5 Å². The highest BCUT2D eigenvalue weighted by Gasteiger charge is 2.09. The van der Waals surface area contributed by atoms with Crippen molar-refractivity contribution in [2.75, 3.05) is 25.5 Å². The van der Waals surface area contributed by atoms with E-state index in [0.29, 0.717) is 12.0 Å². The summed E-state index contributed by atoms with van der Waals surface area (Å²) in [5.41, 5.74) is 2.69. The van der Waals surface area contributed by atoms with Crippen LogP contribution in [-0.4, -0.2) is 31.9 Å². The Morgan fingerprint density at radius 3 is 2.78 bits per heavy atom. The summed E-state index contributed by atoms with van der Waals surface area (Å²) in [4.78, 5) is 2.01. The molecule has 0 radical (unpaired) electrons. The van der Waals surface area contributed by atoms with E-state index in [1.54, 1.807) is 6.92 Å². The number of rotatable bonds is 6. The van der Waals surface area contributed by atoms with E-state index in [9.17, 15) is 10.4 Å². The first-order chi connectivity index (χ1) is 8.58. The van der Waals surface area contributed by atoms with E-state index in [0.717, 1.165) is 24.3 Å². The lowest BCUT2D eigenvalue weighted by atomic mass is 10.1. The van der Waals surface area contributed by atoms with E-state index in [1.165, 1.54) is 0 Å². The molecule has 0 aliphatic heterocycles. The molecule has 0 saturated heterocycles. The third kappa shape index (κ3) is 4.02. The third-order valence-electron chi connectivity index (χ3n) is 2.86. The van der Waals surface area contributed by atoms with Gasteiger partial charge in [0.15, 0.2) is 0 Å². The minimum absolute atomic E-state index is 0.318. The molecule has 0 heterocycles. The number of nitrogens with zero attached hydrogens (tertiary/aromatic N) is 2. The number of aliphatic hydroxyl groups is 1. The van der Waals surface area contributed by atoms with Crippen LogP contribution < -0.4 is 10.2 Å². The largest absolute Gasteiger partial charge is 0.393 e. The second-order valence-corrected chi connectivity index (χ2v) is 4.55. The third-order valence-corrected chi connectivity index (χ3v) is 2.86. The smallest absolute Gasteiger partial charge is 0.101 e. The minimum Gasteiger partial charge on any atom is -0.393 e. The van der Waals surface area contributed by atoms with E-state index < -0.39 is 0 Å². The standard InChI is InChI=1S/C14H21N3O/c1-11(18)6-7-17(3)14-5-4-12(10-16-2)8-13(14)9-15/h4-5,8,11,16,18H,6-7,10H2,1-3H3. The molecule has 0 fully saturated rings. The minimum atomic E-state index is -0.318. The predicted molar refractivity (Wildman–Crippen MR) is 73.5 cm³/mol. The Hall–Kier alpha value is -1.57. The fourth-order valence-electron chi connectivity index (χ4n) is 1.82. The van der Waals surface area contributed by atoms with Crippen LogP contribution in [0.4, 0.5) is 5.69 Å². The van der Waals surface area contributed by atoms with Crippen LogP contribution in [0, 0.1) is 11.3 Å². The van der Waals surface area contributed by atoms with Crippen molar-refractivity contribution < 1.29 is 5.11 Å². The lowest BCUT2D eigenvalue weighted by Gasteiger charge is -2.21. The molecule has 0 amide bonds. The van der Waals surface area contributed by atoms with Crippen molar-refractivity contribution in [1.29, 1.82) is 5.26 Å². The Kier molecular flexibility index (Phi) is 5.63.